The van der Waals surface area contributed by atoms with Gasteiger partial charge in [-0.1, -0.05) is 19.3 Å². The number of rotatable bonds is 6. The van der Waals surface area contributed by atoms with Gasteiger partial charge in [-0.05, 0) is 38.6 Å². The van der Waals surface area contributed by atoms with Gasteiger partial charge in [0.05, 0.1) is 0 Å². The molecule has 2 rings (SSSR count). The van der Waals surface area contributed by atoms with Gasteiger partial charge < -0.3 is 15.0 Å². The monoisotopic (exact) mass is 254 g/mol. The van der Waals surface area contributed by atoms with Crippen molar-refractivity contribution in [2.75, 3.05) is 39.9 Å². The first-order valence-electron chi connectivity index (χ1n) is 7.84. The smallest absolute Gasteiger partial charge is 0.0480 e. The van der Waals surface area contributed by atoms with E-state index in [9.17, 15) is 0 Å². The van der Waals surface area contributed by atoms with Gasteiger partial charge in [-0.25, -0.2) is 0 Å². The fourth-order valence-electron chi connectivity index (χ4n) is 3.26. The van der Waals surface area contributed by atoms with Gasteiger partial charge in [0.2, 0.25) is 0 Å². The molecule has 2 fully saturated rings. The second-order valence-corrected chi connectivity index (χ2v) is 6.11. The van der Waals surface area contributed by atoms with Gasteiger partial charge in [0.25, 0.3) is 0 Å². The van der Waals surface area contributed by atoms with Crippen molar-refractivity contribution in [3.05, 3.63) is 0 Å². The van der Waals surface area contributed by atoms with Gasteiger partial charge in [0, 0.05) is 38.9 Å². The standard InChI is InChI=1S/C15H30N2O/c1-17(13-14-5-3-2-4-6-14)10-9-16-15-7-11-18-12-8-15/h14-16H,2-13H2,1H3. The van der Waals surface area contributed by atoms with Crippen LogP contribution in [0.15, 0.2) is 0 Å². The number of nitrogens with zero attached hydrogens (tertiary/aromatic N) is 1. The normalized spacial score (nSPS) is 23.7. The van der Waals surface area contributed by atoms with Crippen molar-refractivity contribution < 1.29 is 4.74 Å². The Labute approximate surface area is 112 Å². The van der Waals surface area contributed by atoms with Crippen molar-refractivity contribution in [3.8, 4) is 0 Å². The molecule has 0 unspecified atom stereocenters. The van der Waals surface area contributed by atoms with Crippen LogP contribution in [0.2, 0.25) is 0 Å². The van der Waals surface area contributed by atoms with Crippen LogP contribution in [0.5, 0.6) is 0 Å². The van der Waals surface area contributed by atoms with E-state index in [0.29, 0.717) is 6.04 Å². The first kappa shape index (κ1) is 14.3. The van der Waals surface area contributed by atoms with Crippen LogP contribution in [-0.2, 0) is 4.74 Å². The number of likely N-dealkylation sites (N-methyl/N-ethyl adjacent to an activating group) is 1. The molecule has 0 aromatic heterocycles. The first-order chi connectivity index (χ1) is 8.84. The number of ether oxygens (including phenoxy) is 1. The molecule has 0 spiro atoms. The average molecular weight is 254 g/mol. The summed E-state index contributed by atoms with van der Waals surface area (Å²) in [6.07, 6.45) is 9.66. The van der Waals surface area contributed by atoms with Crippen LogP contribution in [-0.4, -0.2) is 50.8 Å². The highest BCUT2D eigenvalue weighted by molar-refractivity contribution is 4.72. The van der Waals surface area contributed by atoms with Gasteiger partial charge in [-0.2, -0.15) is 0 Å². The molecule has 1 aliphatic carbocycles. The lowest BCUT2D eigenvalue weighted by Crippen LogP contribution is -2.40. The van der Waals surface area contributed by atoms with Crippen LogP contribution in [0.1, 0.15) is 44.9 Å². The lowest BCUT2D eigenvalue weighted by atomic mass is 9.89. The Bertz CT molecular complexity index is 211. The molecule has 106 valence electrons. The summed E-state index contributed by atoms with van der Waals surface area (Å²) in [6, 6.07) is 0.696. The van der Waals surface area contributed by atoms with Gasteiger partial charge in [-0.15, -0.1) is 0 Å². The quantitative estimate of drug-likeness (QED) is 0.787. The minimum absolute atomic E-state index is 0.696. The molecule has 1 saturated heterocycles. The second-order valence-electron chi connectivity index (χ2n) is 6.11. The van der Waals surface area contributed by atoms with Crippen molar-refractivity contribution in [2.24, 2.45) is 5.92 Å². The Morgan fingerprint density at radius 1 is 1.06 bits per heavy atom. The third-order valence-corrected chi connectivity index (χ3v) is 4.44. The minimum atomic E-state index is 0.696. The van der Waals surface area contributed by atoms with Crippen LogP contribution >= 0.6 is 0 Å². The molecule has 1 heterocycles. The minimum Gasteiger partial charge on any atom is -0.381 e. The fourth-order valence-corrected chi connectivity index (χ4v) is 3.26. The summed E-state index contributed by atoms with van der Waals surface area (Å²) in [4.78, 5) is 2.52. The highest BCUT2D eigenvalue weighted by Gasteiger charge is 2.16. The van der Waals surface area contributed by atoms with E-state index in [0.717, 1.165) is 25.7 Å². The molecule has 2 aliphatic rings. The molecule has 1 aliphatic heterocycles. The lowest BCUT2D eigenvalue weighted by Gasteiger charge is -2.28. The van der Waals surface area contributed by atoms with E-state index < -0.39 is 0 Å². The lowest BCUT2D eigenvalue weighted by molar-refractivity contribution is 0.0772. The highest BCUT2D eigenvalue weighted by Crippen LogP contribution is 2.23. The summed E-state index contributed by atoms with van der Waals surface area (Å²) in [5, 5.41) is 3.67. The number of hydrogen-bond acceptors (Lipinski definition) is 3. The summed E-state index contributed by atoms with van der Waals surface area (Å²) < 4.78 is 5.38. The molecule has 18 heavy (non-hydrogen) atoms. The molecule has 1 saturated carbocycles. The third-order valence-electron chi connectivity index (χ3n) is 4.44. The largest absolute Gasteiger partial charge is 0.381 e. The van der Waals surface area contributed by atoms with E-state index >= 15 is 0 Å². The molecule has 3 heteroatoms. The molecule has 0 amide bonds. The molecule has 0 aromatic carbocycles. The van der Waals surface area contributed by atoms with Crippen LogP contribution < -0.4 is 5.32 Å². The van der Waals surface area contributed by atoms with Crippen LogP contribution in [0.25, 0.3) is 0 Å². The summed E-state index contributed by atoms with van der Waals surface area (Å²) in [5.74, 6) is 0.965. The van der Waals surface area contributed by atoms with Gasteiger partial charge in [0.1, 0.15) is 0 Å². The Morgan fingerprint density at radius 3 is 2.50 bits per heavy atom. The first-order valence-corrected chi connectivity index (χ1v) is 7.84. The second kappa shape index (κ2) is 8.13. The average Bonchev–Trinajstić information content (AvgIpc) is 2.41. The molecular formula is C15H30N2O. The zero-order valence-electron chi connectivity index (χ0n) is 12.0. The predicted octanol–water partition coefficient (Wildman–Crippen LogP) is 2.27. The van der Waals surface area contributed by atoms with Crippen molar-refractivity contribution >= 4 is 0 Å². The summed E-state index contributed by atoms with van der Waals surface area (Å²) in [5.41, 5.74) is 0. The van der Waals surface area contributed by atoms with Crippen molar-refractivity contribution in [1.29, 1.82) is 0 Å². The zero-order chi connectivity index (χ0) is 12.6. The molecular weight excluding hydrogens is 224 g/mol. The Balaban J connectivity index is 1.52. The number of hydrogen-bond donors (Lipinski definition) is 1. The fraction of sp³-hybridized carbons (Fsp3) is 1.00. The van der Waals surface area contributed by atoms with E-state index in [1.165, 1.54) is 58.0 Å². The van der Waals surface area contributed by atoms with E-state index in [1.54, 1.807) is 0 Å². The van der Waals surface area contributed by atoms with Gasteiger partial charge in [0.15, 0.2) is 0 Å². The maximum Gasteiger partial charge on any atom is 0.0480 e. The van der Waals surface area contributed by atoms with Crippen molar-refractivity contribution in [1.82, 2.24) is 10.2 Å². The van der Waals surface area contributed by atoms with E-state index in [4.69, 9.17) is 4.74 Å². The predicted molar refractivity (Wildman–Crippen MR) is 75.9 cm³/mol. The van der Waals surface area contributed by atoms with Crippen LogP contribution in [0.4, 0.5) is 0 Å². The van der Waals surface area contributed by atoms with E-state index in [2.05, 4.69) is 17.3 Å². The molecule has 1 N–H and O–H groups in total. The highest BCUT2D eigenvalue weighted by atomic mass is 16.5. The van der Waals surface area contributed by atoms with Crippen LogP contribution in [0, 0.1) is 5.92 Å². The molecule has 0 aromatic rings. The zero-order valence-corrected chi connectivity index (χ0v) is 12.0. The van der Waals surface area contributed by atoms with Crippen molar-refractivity contribution in [2.45, 2.75) is 51.0 Å². The van der Waals surface area contributed by atoms with Crippen LogP contribution in [0.3, 0.4) is 0 Å². The SMILES string of the molecule is CN(CCNC1CCOCC1)CC1CCCCC1. The van der Waals surface area contributed by atoms with E-state index in [-0.39, 0.29) is 0 Å². The Kier molecular flexibility index (Phi) is 6.46. The maximum absolute atomic E-state index is 5.38. The summed E-state index contributed by atoms with van der Waals surface area (Å²) in [7, 11) is 2.28. The summed E-state index contributed by atoms with van der Waals surface area (Å²) in [6.45, 7) is 5.50. The van der Waals surface area contributed by atoms with Crippen molar-refractivity contribution in [3.63, 3.8) is 0 Å². The molecule has 0 radical (unpaired) electrons. The Morgan fingerprint density at radius 2 is 1.78 bits per heavy atom. The Hall–Kier alpha value is -0.120. The molecule has 3 nitrogen and oxygen atoms in total. The van der Waals surface area contributed by atoms with Gasteiger partial charge in [-0.3, -0.25) is 0 Å². The summed E-state index contributed by atoms with van der Waals surface area (Å²) >= 11 is 0. The third kappa shape index (κ3) is 5.25. The molecule has 0 atom stereocenters. The van der Waals surface area contributed by atoms with Gasteiger partial charge >= 0.3 is 0 Å². The topological polar surface area (TPSA) is 24.5 Å². The number of nitrogens with one attached hydrogen (secondary N) is 1. The van der Waals surface area contributed by atoms with E-state index in [1.807, 2.05) is 0 Å². The molecule has 0 bridgehead atoms. The maximum atomic E-state index is 5.38.